The zero-order valence-corrected chi connectivity index (χ0v) is 18.6. The van der Waals surface area contributed by atoms with Gasteiger partial charge in [0, 0.05) is 53.7 Å². The average molecular weight is 450 g/mol. The van der Waals surface area contributed by atoms with Crippen LogP contribution in [0.4, 0.5) is 11.4 Å². The van der Waals surface area contributed by atoms with Crippen LogP contribution in [0.5, 0.6) is 5.75 Å². The summed E-state index contributed by atoms with van der Waals surface area (Å²) in [6.45, 7) is 3.63. The van der Waals surface area contributed by atoms with Crippen LogP contribution < -0.4 is 15.0 Å². The number of nitrogens with one attached hydrogen (secondary N) is 1. The van der Waals surface area contributed by atoms with Gasteiger partial charge in [0.25, 0.3) is 0 Å². The van der Waals surface area contributed by atoms with Gasteiger partial charge in [0.15, 0.2) is 0 Å². The van der Waals surface area contributed by atoms with E-state index in [1.54, 1.807) is 7.11 Å². The number of piperazine rings is 1. The molecule has 1 aliphatic rings. The Kier molecular flexibility index (Phi) is 5.64. The van der Waals surface area contributed by atoms with Crippen molar-refractivity contribution < 1.29 is 13.9 Å². The van der Waals surface area contributed by atoms with Gasteiger partial charge in [-0.05, 0) is 30.3 Å². The summed E-state index contributed by atoms with van der Waals surface area (Å²) in [7, 11) is 1.61. The Balaban J connectivity index is 1.25. The minimum Gasteiger partial charge on any atom is -0.495 e. The number of methoxy groups -OCH3 is 1. The van der Waals surface area contributed by atoms with Crippen LogP contribution in [-0.2, 0) is 4.79 Å². The molecule has 0 bridgehead atoms. The maximum atomic E-state index is 12.8. The van der Waals surface area contributed by atoms with Crippen molar-refractivity contribution in [1.29, 1.82) is 0 Å². The zero-order valence-electron chi connectivity index (χ0n) is 17.8. The van der Waals surface area contributed by atoms with Gasteiger partial charge >= 0.3 is 0 Å². The second-order valence-corrected chi connectivity index (χ2v) is 8.37. The number of halogens is 1. The fourth-order valence-electron chi connectivity index (χ4n) is 4.25. The third-order valence-corrected chi connectivity index (χ3v) is 6.12. The van der Waals surface area contributed by atoms with E-state index in [-0.39, 0.29) is 5.91 Å². The molecule has 0 radical (unpaired) electrons. The molecule has 1 aliphatic heterocycles. The molecule has 1 amide bonds. The number of nitrogens with zero attached hydrogens (tertiary/aromatic N) is 2. The molecular weight excluding hydrogens is 426 g/mol. The molecule has 0 saturated carbocycles. The van der Waals surface area contributed by atoms with Crippen LogP contribution in [0.1, 0.15) is 0 Å². The normalized spacial score (nSPS) is 14.8. The monoisotopic (exact) mass is 449 g/mol. The largest absolute Gasteiger partial charge is 0.495 e. The maximum absolute atomic E-state index is 12.8. The Labute approximate surface area is 191 Å². The summed E-state index contributed by atoms with van der Waals surface area (Å²) in [6, 6.07) is 19.5. The highest BCUT2D eigenvalue weighted by atomic mass is 35.5. The highest BCUT2D eigenvalue weighted by Crippen LogP contribution is 2.36. The molecule has 7 heteroatoms. The second kappa shape index (κ2) is 8.73. The van der Waals surface area contributed by atoms with E-state index < -0.39 is 0 Å². The van der Waals surface area contributed by atoms with Crippen LogP contribution >= 0.6 is 11.6 Å². The number of carbonyl (C=O) groups is 1. The molecule has 1 N–H and O–H groups in total. The molecule has 5 rings (SSSR count). The molecule has 0 unspecified atom stereocenters. The van der Waals surface area contributed by atoms with Crippen molar-refractivity contribution in [1.82, 2.24) is 4.90 Å². The first kappa shape index (κ1) is 20.7. The van der Waals surface area contributed by atoms with Gasteiger partial charge in [0.05, 0.1) is 19.3 Å². The number of benzene rings is 3. The molecule has 32 heavy (non-hydrogen) atoms. The third-order valence-electron chi connectivity index (χ3n) is 5.89. The number of anilines is 2. The Morgan fingerprint density at radius 1 is 1.00 bits per heavy atom. The Morgan fingerprint density at radius 3 is 2.59 bits per heavy atom. The molecule has 164 valence electrons. The summed E-state index contributed by atoms with van der Waals surface area (Å²) in [5.74, 6) is 0.540. The molecule has 1 saturated heterocycles. The number of rotatable bonds is 5. The lowest BCUT2D eigenvalue weighted by Gasteiger charge is -2.35. The minimum atomic E-state index is -0.0741. The van der Waals surface area contributed by atoms with Gasteiger partial charge in [-0.25, -0.2) is 0 Å². The Hall–Kier alpha value is -3.22. The number of ether oxygens (including phenoxy) is 1. The lowest BCUT2D eigenvalue weighted by atomic mass is 10.1. The van der Waals surface area contributed by atoms with Gasteiger partial charge < -0.3 is 19.4 Å². The third kappa shape index (κ3) is 4.11. The van der Waals surface area contributed by atoms with Crippen molar-refractivity contribution in [2.24, 2.45) is 0 Å². The fraction of sp³-hybridized carbons (Fsp3) is 0.240. The molecule has 3 aromatic carbocycles. The molecular formula is C25H24ClN3O3. The second-order valence-electron chi connectivity index (χ2n) is 7.94. The predicted octanol–water partition coefficient (Wildman–Crippen LogP) is 5.01. The van der Waals surface area contributed by atoms with E-state index in [1.165, 1.54) is 0 Å². The number of para-hydroxylation sites is 1. The molecule has 0 spiro atoms. The summed E-state index contributed by atoms with van der Waals surface area (Å²) in [4.78, 5) is 17.2. The van der Waals surface area contributed by atoms with Crippen LogP contribution in [-0.4, -0.2) is 50.6 Å². The smallest absolute Gasteiger partial charge is 0.238 e. The van der Waals surface area contributed by atoms with Crippen molar-refractivity contribution >= 4 is 50.8 Å². The van der Waals surface area contributed by atoms with Crippen LogP contribution in [0.2, 0.25) is 5.02 Å². The van der Waals surface area contributed by atoms with Crippen molar-refractivity contribution in [3.63, 3.8) is 0 Å². The minimum absolute atomic E-state index is 0.0741. The SMILES string of the molecule is COc1cc2c(cc1NC(=O)CN1CCN(c3cccc(Cl)c3)CC1)oc1ccccc12. The van der Waals surface area contributed by atoms with Crippen LogP contribution in [0.25, 0.3) is 21.9 Å². The van der Waals surface area contributed by atoms with E-state index in [0.29, 0.717) is 18.0 Å². The van der Waals surface area contributed by atoms with Gasteiger partial charge in [0.1, 0.15) is 16.9 Å². The molecule has 1 aromatic heterocycles. The van der Waals surface area contributed by atoms with E-state index >= 15 is 0 Å². The number of hydrogen-bond donors (Lipinski definition) is 1. The fourth-order valence-corrected chi connectivity index (χ4v) is 4.43. The van der Waals surface area contributed by atoms with Crippen molar-refractivity contribution in [3.05, 3.63) is 65.7 Å². The molecule has 0 atom stereocenters. The lowest BCUT2D eigenvalue weighted by Crippen LogP contribution is -2.48. The average Bonchev–Trinajstić information content (AvgIpc) is 3.16. The molecule has 0 aliphatic carbocycles. The Bertz CT molecular complexity index is 1280. The first-order valence-corrected chi connectivity index (χ1v) is 11.0. The highest BCUT2D eigenvalue weighted by molar-refractivity contribution is 6.30. The summed E-state index contributed by atoms with van der Waals surface area (Å²) < 4.78 is 11.5. The summed E-state index contributed by atoms with van der Waals surface area (Å²) >= 11 is 6.12. The number of fused-ring (bicyclic) bond motifs is 3. The topological polar surface area (TPSA) is 58.0 Å². The maximum Gasteiger partial charge on any atom is 0.238 e. The van der Waals surface area contributed by atoms with Gasteiger partial charge in [0.2, 0.25) is 5.91 Å². The van der Waals surface area contributed by atoms with E-state index in [2.05, 4.69) is 21.2 Å². The van der Waals surface area contributed by atoms with Crippen molar-refractivity contribution in [3.8, 4) is 5.75 Å². The molecule has 4 aromatic rings. The molecule has 2 heterocycles. The predicted molar refractivity (Wildman–Crippen MR) is 129 cm³/mol. The summed E-state index contributed by atoms with van der Waals surface area (Å²) in [5.41, 5.74) is 3.26. The summed E-state index contributed by atoms with van der Waals surface area (Å²) in [6.07, 6.45) is 0. The number of carbonyl (C=O) groups excluding carboxylic acids is 1. The quantitative estimate of drug-likeness (QED) is 0.464. The van der Waals surface area contributed by atoms with Gasteiger partial charge in [-0.1, -0.05) is 35.9 Å². The van der Waals surface area contributed by atoms with Gasteiger partial charge in [-0.2, -0.15) is 0 Å². The number of amides is 1. The van der Waals surface area contributed by atoms with E-state index in [4.69, 9.17) is 20.8 Å². The van der Waals surface area contributed by atoms with Crippen LogP contribution in [0.3, 0.4) is 0 Å². The van der Waals surface area contributed by atoms with Crippen LogP contribution in [0.15, 0.2) is 65.1 Å². The first-order chi connectivity index (χ1) is 15.6. The highest BCUT2D eigenvalue weighted by Gasteiger charge is 2.20. The molecule has 6 nitrogen and oxygen atoms in total. The van der Waals surface area contributed by atoms with E-state index in [9.17, 15) is 4.79 Å². The standard InChI is InChI=1S/C25H24ClN3O3/c1-31-24-14-20-19-7-2-3-8-22(19)32-23(20)15-21(24)27-25(30)16-28-9-11-29(12-10-28)18-6-4-5-17(26)13-18/h2-8,13-15H,9-12,16H2,1H3,(H,27,30). The first-order valence-electron chi connectivity index (χ1n) is 10.6. The number of hydrogen-bond acceptors (Lipinski definition) is 5. The molecule has 1 fully saturated rings. The van der Waals surface area contributed by atoms with Crippen LogP contribution in [0, 0.1) is 0 Å². The van der Waals surface area contributed by atoms with Gasteiger partial charge in [-0.3, -0.25) is 9.69 Å². The lowest BCUT2D eigenvalue weighted by molar-refractivity contribution is -0.117. The van der Waals surface area contributed by atoms with E-state index in [1.807, 2.05) is 54.6 Å². The van der Waals surface area contributed by atoms with E-state index in [0.717, 1.165) is 58.8 Å². The zero-order chi connectivity index (χ0) is 22.1. The number of furan rings is 1. The van der Waals surface area contributed by atoms with Crippen molar-refractivity contribution in [2.75, 3.05) is 50.1 Å². The Morgan fingerprint density at radius 2 is 1.81 bits per heavy atom. The van der Waals surface area contributed by atoms with Crippen molar-refractivity contribution in [2.45, 2.75) is 0 Å². The summed E-state index contributed by atoms with van der Waals surface area (Å²) in [5, 5.41) is 5.72. The van der Waals surface area contributed by atoms with Gasteiger partial charge in [-0.15, -0.1) is 0 Å².